The fraction of sp³-hybridized carbons (Fsp3) is 0.778. The summed E-state index contributed by atoms with van der Waals surface area (Å²) in [6.07, 6.45) is 1.20. The standard InChI is InChI=1S/C9H14N2O2/c1-2-11-6-9(8(11)13)3-4-10-7(12)5-9/h2-6H2,1H3,(H,10,12). The highest BCUT2D eigenvalue weighted by Crippen LogP contribution is 2.39. The van der Waals surface area contributed by atoms with Crippen LogP contribution in [0.15, 0.2) is 0 Å². The van der Waals surface area contributed by atoms with Gasteiger partial charge in [-0.3, -0.25) is 9.59 Å². The van der Waals surface area contributed by atoms with Gasteiger partial charge >= 0.3 is 0 Å². The Morgan fingerprint density at radius 1 is 1.54 bits per heavy atom. The molecule has 2 saturated heterocycles. The normalized spacial score (nSPS) is 33.2. The van der Waals surface area contributed by atoms with Crippen LogP contribution in [0.25, 0.3) is 0 Å². The minimum absolute atomic E-state index is 0.0235. The minimum atomic E-state index is -0.321. The maximum Gasteiger partial charge on any atom is 0.231 e. The van der Waals surface area contributed by atoms with Gasteiger partial charge in [0.1, 0.15) is 0 Å². The van der Waals surface area contributed by atoms with Gasteiger partial charge in [0.05, 0.1) is 5.41 Å². The summed E-state index contributed by atoms with van der Waals surface area (Å²) >= 11 is 0. The van der Waals surface area contributed by atoms with Crippen LogP contribution in [0.2, 0.25) is 0 Å². The Morgan fingerprint density at radius 2 is 2.31 bits per heavy atom. The fourth-order valence-corrected chi connectivity index (χ4v) is 2.22. The van der Waals surface area contributed by atoms with Gasteiger partial charge in [-0.2, -0.15) is 0 Å². The van der Waals surface area contributed by atoms with Crippen molar-refractivity contribution < 1.29 is 9.59 Å². The van der Waals surface area contributed by atoms with Gasteiger partial charge in [-0.25, -0.2) is 0 Å². The Balaban J connectivity index is 2.07. The maximum atomic E-state index is 11.7. The van der Waals surface area contributed by atoms with E-state index in [9.17, 15) is 9.59 Å². The number of likely N-dealkylation sites (tertiary alicyclic amines) is 1. The molecule has 4 nitrogen and oxygen atoms in total. The average Bonchev–Trinajstić information content (AvgIpc) is 2.14. The number of hydrogen-bond donors (Lipinski definition) is 1. The van der Waals surface area contributed by atoms with Crippen LogP contribution in [0.1, 0.15) is 19.8 Å². The second-order valence-electron chi connectivity index (χ2n) is 3.88. The number of hydrogen-bond acceptors (Lipinski definition) is 2. The largest absolute Gasteiger partial charge is 0.356 e. The van der Waals surface area contributed by atoms with Gasteiger partial charge in [0.25, 0.3) is 0 Å². The summed E-state index contributed by atoms with van der Waals surface area (Å²) in [7, 11) is 0. The van der Waals surface area contributed by atoms with Crippen LogP contribution in [0.5, 0.6) is 0 Å². The van der Waals surface area contributed by atoms with Crippen LogP contribution >= 0.6 is 0 Å². The molecule has 0 aromatic carbocycles. The molecule has 2 aliphatic rings. The van der Waals surface area contributed by atoms with E-state index in [1.54, 1.807) is 4.90 Å². The first kappa shape index (κ1) is 8.53. The first-order valence-corrected chi connectivity index (χ1v) is 4.74. The summed E-state index contributed by atoms with van der Waals surface area (Å²) in [4.78, 5) is 24.6. The van der Waals surface area contributed by atoms with E-state index < -0.39 is 0 Å². The molecule has 0 aliphatic carbocycles. The lowest BCUT2D eigenvalue weighted by Gasteiger charge is -2.50. The van der Waals surface area contributed by atoms with Gasteiger partial charge in [-0.15, -0.1) is 0 Å². The highest BCUT2D eigenvalue weighted by molar-refractivity contribution is 5.94. The van der Waals surface area contributed by atoms with E-state index >= 15 is 0 Å². The third-order valence-electron chi connectivity index (χ3n) is 3.04. The van der Waals surface area contributed by atoms with Crippen molar-refractivity contribution in [2.45, 2.75) is 19.8 Å². The van der Waals surface area contributed by atoms with E-state index in [0.29, 0.717) is 13.0 Å². The summed E-state index contributed by atoms with van der Waals surface area (Å²) in [6.45, 7) is 4.16. The number of nitrogens with one attached hydrogen (secondary N) is 1. The smallest absolute Gasteiger partial charge is 0.231 e. The van der Waals surface area contributed by atoms with Crippen LogP contribution < -0.4 is 5.32 Å². The van der Waals surface area contributed by atoms with E-state index in [-0.39, 0.29) is 17.2 Å². The zero-order chi connectivity index (χ0) is 9.47. The average molecular weight is 182 g/mol. The lowest BCUT2D eigenvalue weighted by molar-refractivity contribution is -0.165. The second-order valence-corrected chi connectivity index (χ2v) is 3.88. The molecule has 2 amide bonds. The molecule has 1 atom stereocenters. The van der Waals surface area contributed by atoms with Crippen LogP contribution in [-0.2, 0) is 9.59 Å². The topological polar surface area (TPSA) is 49.4 Å². The quantitative estimate of drug-likeness (QED) is 0.568. The monoisotopic (exact) mass is 182 g/mol. The van der Waals surface area contributed by atoms with Crippen molar-refractivity contribution in [3.8, 4) is 0 Å². The van der Waals surface area contributed by atoms with E-state index in [4.69, 9.17) is 0 Å². The molecule has 0 saturated carbocycles. The van der Waals surface area contributed by atoms with Crippen molar-refractivity contribution in [3.63, 3.8) is 0 Å². The van der Waals surface area contributed by atoms with Crippen LogP contribution in [-0.4, -0.2) is 36.3 Å². The number of nitrogens with zero attached hydrogens (tertiary/aromatic N) is 1. The first-order chi connectivity index (χ1) is 6.18. The molecule has 2 fully saturated rings. The molecule has 2 heterocycles. The van der Waals surface area contributed by atoms with Crippen molar-refractivity contribution in [1.29, 1.82) is 0 Å². The molecule has 13 heavy (non-hydrogen) atoms. The highest BCUT2D eigenvalue weighted by atomic mass is 16.2. The molecule has 0 aromatic heterocycles. The van der Waals surface area contributed by atoms with Crippen LogP contribution in [0, 0.1) is 5.41 Å². The summed E-state index contributed by atoms with van der Waals surface area (Å²) in [6, 6.07) is 0. The van der Waals surface area contributed by atoms with Gasteiger partial charge < -0.3 is 10.2 Å². The Hall–Kier alpha value is -1.06. The number of piperidine rings is 1. The SMILES string of the molecule is CCN1CC2(CCNC(=O)C2)C1=O. The summed E-state index contributed by atoms with van der Waals surface area (Å²) in [5.41, 5.74) is -0.321. The first-order valence-electron chi connectivity index (χ1n) is 4.74. The summed E-state index contributed by atoms with van der Waals surface area (Å²) in [5, 5.41) is 2.75. The van der Waals surface area contributed by atoms with Crippen molar-refractivity contribution in [1.82, 2.24) is 10.2 Å². The summed E-state index contributed by atoms with van der Waals surface area (Å²) in [5.74, 6) is 0.195. The Kier molecular flexibility index (Phi) is 1.78. The van der Waals surface area contributed by atoms with Gasteiger partial charge in [-0.05, 0) is 13.3 Å². The Bertz CT molecular complexity index is 264. The van der Waals surface area contributed by atoms with Crippen molar-refractivity contribution in [2.75, 3.05) is 19.6 Å². The molecule has 0 bridgehead atoms. The molecule has 4 heteroatoms. The lowest BCUT2D eigenvalue weighted by Crippen LogP contribution is -2.64. The van der Waals surface area contributed by atoms with E-state index in [0.717, 1.165) is 19.5 Å². The lowest BCUT2D eigenvalue weighted by atomic mass is 9.71. The molecular formula is C9H14N2O2. The van der Waals surface area contributed by atoms with Gasteiger partial charge in [0.15, 0.2) is 0 Å². The number of amides is 2. The third kappa shape index (κ3) is 1.12. The molecule has 0 aromatic rings. The molecule has 1 spiro atoms. The molecule has 2 rings (SSSR count). The van der Waals surface area contributed by atoms with Gasteiger partial charge in [0.2, 0.25) is 11.8 Å². The molecular weight excluding hydrogens is 168 g/mol. The van der Waals surface area contributed by atoms with E-state index in [1.165, 1.54) is 0 Å². The Labute approximate surface area is 77.3 Å². The Morgan fingerprint density at radius 3 is 2.85 bits per heavy atom. The van der Waals surface area contributed by atoms with Crippen molar-refractivity contribution >= 4 is 11.8 Å². The molecule has 1 unspecified atom stereocenters. The predicted octanol–water partition coefficient (Wildman–Crippen LogP) is -0.255. The molecule has 2 aliphatic heterocycles. The van der Waals surface area contributed by atoms with Gasteiger partial charge in [0, 0.05) is 26.1 Å². The maximum absolute atomic E-state index is 11.7. The molecule has 1 N–H and O–H groups in total. The van der Waals surface area contributed by atoms with Crippen LogP contribution in [0.3, 0.4) is 0 Å². The predicted molar refractivity (Wildman–Crippen MR) is 46.9 cm³/mol. The zero-order valence-corrected chi connectivity index (χ0v) is 7.80. The molecule has 72 valence electrons. The number of carbonyl (C=O) groups excluding carboxylic acids is 2. The summed E-state index contributed by atoms with van der Waals surface area (Å²) < 4.78 is 0. The van der Waals surface area contributed by atoms with Crippen LogP contribution in [0.4, 0.5) is 0 Å². The van der Waals surface area contributed by atoms with Gasteiger partial charge in [-0.1, -0.05) is 0 Å². The minimum Gasteiger partial charge on any atom is -0.356 e. The fourth-order valence-electron chi connectivity index (χ4n) is 2.22. The number of β-lactam (4-membered cyclic amide) rings is 1. The van der Waals surface area contributed by atoms with Crippen molar-refractivity contribution in [3.05, 3.63) is 0 Å². The van der Waals surface area contributed by atoms with E-state index in [1.807, 2.05) is 6.92 Å². The third-order valence-corrected chi connectivity index (χ3v) is 3.04. The zero-order valence-electron chi connectivity index (χ0n) is 7.80. The van der Waals surface area contributed by atoms with Crippen molar-refractivity contribution in [2.24, 2.45) is 5.41 Å². The number of rotatable bonds is 1. The number of carbonyl (C=O) groups is 2. The van der Waals surface area contributed by atoms with E-state index in [2.05, 4.69) is 5.32 Å². The highest BCUT2D eigenvalue weighted by Gasteiger charge is 2.53. The second kappa shape index (κ2) is 2.72. The molecule has 0 radical (unpaired) electrons.